The highest BCUT2D eigenvalue weighted by Gasteiger charge is 2.49. The lowest BCUT2D eigenvalue weighted by Crippen LogP contribution is -2.41. The van der Waals surface area contributed by atoms with Crippen LogP contribution in [0.25, 0.3) is 11.1 Å². The van der Waals surface area contributed by atoms with Crippen molar-refractivity contribution in [3.8, 4) is 16.9 Å². The maximum absolute atomic E-state index is 13.3. The molecule has 0 fully saturated rings. The molecule has 0 saturated carbocycles. The van der Waals surface area contributed by atoms with E-state index in [9.17, 15) is 9.59 Å². The van der Waals surface area contributed by atoms with Crippen molar-refractivity contribution >= 4 is 17.6 Å². The van der Waals surface area contributed by atoms with Crippen LogP contribution in [-0.4, -0.2) is 43.0 Å². The Morgan fingerprint density at radius 3 is 2.70 bits per heavy atom. The normalized spacial score (nSPS) is 21.7. The third-order valence-corrected chi connectivity index (χ3v) is 5.71. The van der Waals surface area contributed by atoms with E-state index in [0.717, 1.165) is 24.0 Å². The number of hydrogen-bond donors (Lipinski definition) is 1. The van der Waals surface area contributed by atoms with Crippen molar-refractivity contribution in [3.05, 3.63) is 53.6 Å². The van der Waals surface area contributed by atoms with E-state index in [-0.39, 0.29) is 24.4 Å². The second kappa shape index (κ2) is 7.91. The average molecular weight is 407 g/mol. The molecule has 2 aliphatic heterocycles. The van der Waals surface area contributed by atoms with Crippen molar-refractivity contribution in [2.75, 3.05) is 20.4 Å². The monoisotopic (exact) mass is 407 g/mol. The SMILES string of the molecule is CC(=O)c1cccc(-c2ccc3c(c2)C2(CCCCOCO3)N=C(N)N(C)C2=O)c1. The van der Waals surface area contributed by atoms with Gasteiger partial charge in [0, 0.05) is 18.2 Å². The molecule has 2 aliphatic rings. The molecule has 156 valence electrons. The third-order valence-electron chi connectivity index (χ3n) is 5.71. The molecule has 7 nitrogen and oxygen atoms in total. The number of rotatable bonds is 2. The molecule has 1 spiro atoms. The molecule has 2 aromatic carbocycles. The number of Topliss-reactive ketones (excluding diaryl/α,β-unsaturated/α-hetero) is 1. The first-order valence-corrected chi connectivity index (χ1v) is 10.0. The zero-order chi connectivity index (χ0) is 21.3. The van der Waals surface area contributed by atoms with Crippen LogP contribution in [0.1, 0.15) is 42.1 Å². The topological polar surface area (TPSA) is 94.2 Å². The van der Waals surface area contributed by atoms with Crippen LogP contribution in [0, 0.1) is 0 Å². The molecule has 30 heavy (non-hydrogen) atoms. The number of ketones is 1. The van der Waals surface area contributed by atoms with Gasteiger partial charge in [0.2, 0.25) is 0 Å². The summed E-state index contributed by atoms with van der Waals surface area (Å²) in [7, 11) is 1.64. The number of amides is 1. The number of carbonyl (C=O) groups is 2. The summed E-state index contributed by atoms with van der Waals surface area (Å²) in [6.45, 7) is 2.20. The Morgan fingerprint density at radius 1 is 1.17 bits per heavy atom. The molecule has 2 heterocycles. The van der Waals surface area contributed by atoms with Crippen LogP contribution in [0.2, 0.25) is 0 Å². The van der Waals surface area contributed by atoms with E-state index < -0.39 is 5.54 Å². The Hall–Kier alpha value is -3.19. The molecule has 4 rings (SSSR count). The van der Waals surface area contributed by atoms with Crippen molar-refractivity contribution in [2.45, 2.75) is 31.7 Å². The number of nitrogens with zero attached hydrogens (tertiary/aromatic N) is 2. The van der Waals surface area contributed by atoms with Gasteiger partial charge in [-0.15, -0.1) is 0 Å². The Balaban J connectivity index is 1.88. The number of aliphatic imine (C=N–C) groups is 1. The molecule has 0 bridgehead atoms. The fourth-order valence-electron chi connectivity index (χ4n) is 4.00. The Morgan fingerprint density at radius 2 is 1.97 bits per heavy atom. The van der Waals surface area contributed by atoms with Gasteiger partial charge in [0.1, 0.15) is 5.75 Å². The summed E-state index contributed by atoms with van der Waals surface area (Å²) in [5, 5.41) is 0. The number of fused-ring (bicyclic) bond motifs is 2. The van der Waals surface area contributed by atoms with Gasteiger partial charge in [-0.05, 0) is 55.5 Å². The van der Waals surface area contributed by atoms with Crippen LogP contribution < -0.4 is 10.5 Å². The number of ether oxygens (including phenoxy) is 2. The van der Waals surface area contributed by atoms with E-state index in [0.29, 0.717) is 29.9 Å². The number of benzene rings is 2. The summed E-state index contributed by atoms with van der Waals surface area (Å²) in [5.74, 6) is 0.575. The van der Waals surface area contributed by atoms with Gasteiger partial charge in [-0.1, -0.05) is 24.3 Å². The third kappa shape index (κ3) is 3.45. The largest absolute Gasteiger partial charge is 0.467 e. The molecule has 0 radical (unpaired) electrons. The molecule has 1 atom stereocenters. The van der Waals surface area contributed by atoms with Crippen molar-refractivity contribution in [2.24, 2.45) is 10.7 Å². The van der Waals surface area contributed by atoms with Gasteiger partial charge in [0.25, 0.3) is 5.91 Å². The first-order valence-electron chi connectivity index (χ1n) is 10.0. The highest BCUT2D eigenvalue weighted by Crippen LogP contribution is 2.43. The second-order valence-electron chi connectivity index (χ2n) is 7.67. The minimum Gasteiger partial charge on any atom is -0.467 e. The summed E-state index contributed by atoms with van der Waals surface area (Å²) in [6, 6.07) is 13.1. The van der Waals surface area contributed by atoms with Gasteiger partial charge in [0.15, 0.2) is 24.1 Å². The predicted octanol–water partition coefficient (Wildman–Crippen LogP) is 3.08. The van der Waals surface area contributed by atoms with Crippen LogP contribution in [-0.2, 0) is 15.1 Å². The van der Waals surface area contributed by atoms with Gasteiger partial charge in [-0.25, -0.2) is 4.99 Å². The minimum atomic E-state index is -1.13. The molecule has 1 unspecified atom stereocenters. The number of likely N-dealkylation sites (N-methyl/N-ethyl adjacent to an activating group) is 1. The molecule has 0 aliphatic carbocycles. The maximum atomic E-state index is 13.3. The summed E-state index contributed by atoms with van der Waals surface area (Å²) < 4.78 is 11.4. The molecule has 7 heteroatoms. The van der Waals surface area contributed by atoms with E-state index in [2.05, 4.69) is 4.99 Å². The lowest BCUT2D eigenvalue weighted by molar-refractivity contribution is -0.131. The van der Waals surface area contributed by atoms with Crippen LogP contribution >= 0.6 is 0 Å². The van der Waals surface area contributed by atoms with Crippen molar-refractivity contribution in [3.63, 3.8) is 0 Å². The van der Waals surface area contributed by atoms with Gasteiger partial charge >= 0.3 is 0 Å². The summed E-state index contributed by atoms with van der Waals surface area (Å²) in [5.41, 5.74) is 7.96. The molecule has 0 aromatic heterocycles. The highest BCUT2D eigenvalue weighted by atomic mass is 16.7. The number of guanidine groups is 1. The van der Waals surface area contributed by atoms with Crippen LogP contribution in [0.15, 0.2) is 47.5 Å². The standard InChI is InChI=1S/C23H25N3O4/c1-15(27)16-6-5-7-17(12-16)18-8-9-20-19(13-18)23(10-3-4-11-29-14-30-20)21(28)26(2)22(24)25-23/h5-9,12-13H,3-4,10-11,14H2,1-2H3,(H2,24,25). The first-order chi connectivity index (χ1) is 14.4. The van der Waals surface area contributed by atoms with E-state index in [1.54, 1.807) is 20.0 Å². The van der Waals surface area contributed by atoms with E-state index in [1.165, 1.54) is 4.90 Å². The summed E-state index contributed by atoms with van der Waals surface area (Å²) >= 11 is 0. The zero-order valence-corrected chi connectivity index (χ0v) is 17.2. The smallest absolute Gasteiger partial charge is 0.261 e. The lowest BCUT2D eigenvalue weighted by atomic mass is 9.82. The lowest BCUT2D eigenvalue weighted by Gasteiger charge is -2.29. The predicted molar refractivity (Wildman–Crippen MR) is 113 cm³/mol. The van der Waals surface area contributed by atoms with Gasteiger partial charge in [-0.2, -0.15) is 0 Å². The second-order valence-corrected chi connectivity index (χ2v) is 7.67. The minimum absolute atomic E-state index is 0.00208. The van der Waals surface area contributed by atoms with Crippen LogP contribution in [0.4, 0.5) is 0 Å². The molecular weight excluding hydrogens is 382 g/mol. The van der Waals surface area contributed by atoms with Gasteiger partial charge in [-0.3, -0.25) is 14.5 Å². The van der Waals surface area contributed by atoms with Crippen molar-refractivity contribution in [1.29, 1.82) is 0 Å². The van der Waals surface area contributed by atoms with Crippen molar-refractivity contribution in [1.82, 2.24) is 4.90 Å². The molecule has 1 amide bonds. The Kier molecular flexibility index (Phi) is 5.30. The fraction of sp³-hybridized carbons (Fsp3) is 0.348. The number of carbonyl (C=O) groups excluding carboxylic acids is 2. The van der Waals surface area contributed by atoms with Crippen LogP contribution in [0.3, 0.4) is 0 Å². The molecule has 0 saturated heterocycles. The molecule has 2 aromatic rings. The fourth-order valence-corrected chi connectivity index (χ4v) is 4.00. The average Bonchev–Trinajstić information content (AvgIpc) is 2.97. The molecule has 2 N–H and O–H groups in total. The van der Waals surface area contributed by atoms with Gasteiger partial charge < -0.3 is 15.2 Å². The van der Waals surface area contributed by atoms with Crippen LogP contribution in [0.5, 0.6) is 5.75 Å². The first kappa shape index (κ1) is 20.1. The molecular formula is C23H25N3O4. The van der Waals surface area contributed by atoms with Gasteiger partial charge in [0.05, 0.1) is 6.61 Å². The maximum Gasteiger partial charge on any atom is 0.261 e. The Labute approximate surface area is 175 Å². The quantitative estimate of drug-likeness (QED) is 0.772. The van der Waals surface area contributed by atoms with E-state index in [4.69, 9.17) is 15.2 Å². The summed E-state index contributed by atoms with van der Waals surface area (Å²) in [4.78, 5) is 31.2. The highest BCUT2D eigenvalue weighted by molar-refractivity contribution is 6.07. The van der Waals surface area contributed by atoms with E-state index >= 15 is 0 Å². The van der Waals surface area contributed by atoms with Crippen molar-refractivity contribution < 1.29 is 19.1 Å². The number of nitrogens with two attached hydrogens (primary N) is 1. The van der Waals surface area contributed by atoms with E-state index in [1.807, 2.05) is 36.4 Å². The Bertz CT molecular complexity index is 1030. The number of hydrogen-bond acceptors (Lipinski definition) is 6. The zero-order valence-electron chi connectivity index (χ0n) is 17.2. The summed E-state index contributed by atoms with van der Waals surface area (Å²) in [6.07, 6.45) is 2.07.